The van der Waals surface area contributed by atoms with Crippen LogP contribution in [0.3, 0.4) is 0 Å². The number of amides is 2. The number of hydrogen-bond donors (Lipinski definition) is 1. The second kappa shape index (κ2) is 8.17. The van der Waals surface area contributed by atoms with Gasteiger partial charge in [-0.1, -0.05) is 17.7 Å². The Kier molecular flexibility index (Phi) is 5.56. The molecule has 1 aromatic carbocycles. The van der Waals surface area contributed by atoms with E-state index in [-0.39, 0.29) is 17.2 Å². The monoisotopic (exact) mass is 453 g/mol. The van der Waals surface area contributed by atoms with Gasteiger partial charge in [0, 0.05) is 22.1 Å². The molecule has 0 radical (unpaired) electrons. The summed E-state index contributed by atoms with van der Waals surface area (Å²) in [6.07, 6.45) is 3.12. The molecule has 4 rings (SSSR count). The summed E-state index contributed by atoms with van der Waals surface area (Å²) in [5.41, 5.74) is 4.52. The molecule has 8 heteroatoms. The maximum absolute atomic E-state index is 13.1. The molecule has 1 aliphatic rings. The molecule has 2 aromatic heterocycles. The van der Waals surface area contributed by atoms with Crippen molar-refractivity contribution in [3.63, 3.8) is 0 Å². The van der Waals surface area contributed by atoms with Gasteiger partial charge in [0.15, 0.2) is 5.11 Å². The molecular formula is C23H20ClN3O3S. The molecule has 158 valence electrons. The third-order valence-corrected chi connectivity index (χ3v) is 5.99. The molecule has 1 N–H and O–H groups in total. The van der Waals surface area contributed by atoms with Crippen molar-refractivity contribution in [2.24, 2.45) is 0 Å². The zero-order chi connectivity index (χ0) is 22.3. The summed E-state index contributed by atoms with van der Waals surface area (Å²) in [6, 6.07) is 11.3. The van der Waals surface area contributed by atoms with E-state index < -0.39 is 11.8 Å². The van der Waals surface area contributed by atoms with Crippen molar-refractivity contribution in [1.29, 1.82) is 0 Å². The number of aryl methyl sites for hydroxylation is 2. The molecule has 0 atom stereocenters. The Hall–Kier alpha value is -3.16. The average Bonchev–Trinajstić information content (AvgIpc) is 3.32. The topological polar surface area (TPSA) is 67.5 Å². The number of furan rings is 1. The number of halogens is 1. The molecule has 6 nitrogen and oxygen atoms in total. The Morgan fingerprint density at radius 3 is 2.61 bits per heavy atom. The lowest BCUT2D eigenvalue weighted by Crippen LogP contribution is -2.53. The number of aromatic nitrogens is 1. The maximum Gasteiger partial charge on any atom is 0.266 e. The number of hydrogen-bond acceptors (Lipinski definition) is 4. The molecule has 0 bridgehead atoms. The van der Waals surface area contributed by atoms with Crippen molar-refractivity contribution in [3.05, 3.63) is 81.5 Å². The minimum atomic E-state index is -0.520. The Bertz CT molecular complexity index is 1240. The van der Waals surface area contributed by atoms with E-state index in [1.54, 1.807) is 18.2 Å². The summed E-state index contributed by atoms with van der Waals surface area (Å²) in [5.74, 6) is -0.414. The third-order valence-electron chi connectivity index (χ3n) is 5.26. The van der Waals surface area contributed by atoms with E-state index in [4.69, 9.17) is 28.2 Å². The number of carbonyl (C=O) groups is 2. The predicted molar refractivity (Wildman–Crippen MR) is 123 cm³/mol. The highest BCUT2D eigenvalue weighted by atomic mass is 35.5. The van der Waals surface area contributed by atoms with Crippen LogP contribution in [0.15, 0.2) is 52.7 Å². The smallest absolute Gasteiger partial charge is 0.266 e. The molecule has 0 unspecified atom stereocenters. The normalized spacial score (nSPS) is 15.7. The predicted octanol–water partition coefficient (Wildman–Crippen LogP) is 4.48. The van der Waals surface area contributed by atoms with Gasteiger partial charge in [0.25, 0.3) is 11.8 Å². The van der Waals surface area contributed by atoms with Gasteiger partial charge in [-0.25, -0.2) is 0 Å². The lowest BCUT2D eigenvalue weighted by Gasteiger charge is -2.28. The van der Waals surface area contributed by atoms with Crippen LogP contribution < -0.4 is 5.32 Å². The minimum absolute atomic E-state index is 0.0161. The molecule has 2 amide bonds. The van der Waals surface area contributed by atoms with Crippen LogP contribution in [0, 0.1) is 20.8 Å². The van der Waals surface area contributed by atoms with Gasteiger partial charge in [0.2, 0.25) is 0 Å². The van der Waals surface area contributed by atoms with Crippen LogP contribution in [-0.2, 0) is 16.1 Å². The lowest BCUT2D eigenvalue weighted by atomic mass is 10.1. The largest absolute Gasteiger partial charge is 0.467 e. The van der Waals surface area contributed by atoms with Crippen LogP contribution in [0.4, 0.5) is 0 Å². The molecule has 0 aliphatic carbocycles. The standard InChI is InChI=1S/C23H20ClN3O3S/c1-13-6-7-17(11-20(13)24)27-14(2)9-16(15(27)3)10-19-21(28)25-23(31)26(22(19)29)12-18-5-4-8-30-18/h4-11H,12H2,1-3H3,(H,25,28,31). The summed E-state index contributed by atoms with van der Waals surface area (Å²) < 4.78 is 7.35. The van der Waals surface area contributed by atoms with Gasteiger partial charge in [0.1, 0.15) is 11.3 Å². The van der Waals surface area contributed by atoms with Gasteiger partial charge in [-0.3, -0.25) is 19.8 Å². The van der Waals surface area contributed by atoms with Crippen LogP contribution in [0.5, 0.6) is 0 Å². The first-order chi connectivity index (χ1) is 14.8. The summed E-state index contributed by atoms with van der Waals surface area (Å²) in [7, 11) is 0. The highest BCUT2D eigenvalue weighted by Gasteiger charge is 2.34. The van der Waals surface area contributed by atoms with Crippen molar-refractivity contribution in [1.82, 2.24) is 14.8 Å². The van der Waals surface area contributed by atoms with E-state index in [0.717, 1.165) is 28.2 Å². The van der Waals surface area contributed by atoms with Gasteiger partial charge in [-0.2, -0.15) is 0 Å². The molecule has 1 aliphatic heterocycles. The zero-order valence-corrected chi connectivity index (χ0v) is 18.8. The van der Waals surface area contributed by atoms with E-state index >= 15 is 0 Å². The maximum atomic E-state index is 13.1. The Labute approximate surface area is 190 Å². The second-order valence-corrected chi connectivity index (χ2v) is 8.18. The second-order valence-electron chi connectivity index (χ2n) is 7.38. The van der Waals surface area contributed by atoms with Crippen molar-refractivity contribution < 1.29 is 14.0 Å². The fraction of sp³-hybridized carbons (Fsp3) is 0.174. The SMILES string of the molecule is Cc1ccc(-n2c(C)cc(C=C3C(=O)NC(=S)N(Cc4ccco4)C3=O)c2C)cc1Cl. The number of benzene rings is 1. The summed E-state index contributed by atoms with van der Waals surface area (Å²) in [4.78, 5) is 27.0. The Morgan fingerprint density at radius 1 is 1.16 bits per heavy atom. The van der Waals surface area contributed by atoms with Crippen LogP contribution in [-0.4, -0.2) is 26.4 Å². The summed E-state index contributed by atoms with van der Waals surface area (Å²) >= 11 is 11.5. The molecule has 1 fully saturated rings. The van der Waals surface area contributed by atoms with Crippen molar-refractivity contribution >= 4 is 46.8 Å². The zero-order valence-electron chi connectivity index (χ0n) is 17.2. The fourth-order valence-corrected chi connectivity index (χ4v) is 4.02. The van der Waals surface area contributed by atoms with Crippen molar-refractivity contribution in [2.45, 2.75) is 27.3 Å². The van der Waals surface area contributed by atoms with E-state index in [0.29, 0.717) is 10.8 Å². The van der Waals surface area contributed by atoms with Gasteiger partial charge in [0.05, 0.1) is 12.8 Å². The van der Waals surface area contributed by atoms with Gasteiger partial charge >= 0.3 is 0 Å². The van der Waals surface area contributed by atoms with Crippen LogP contribution in [0.1, 0.15) is 28.3 Å². The van der Waals surface area contributed by atoms with Gasteiger partial charge in [-0.05, 0) is 80.5 Å². The molecular weight excluding hydrogens is 434 g/mol. The highest BCUT2D eigenvalue weighted by Crippen LogP contribution is 2.27. The molecule has 0 spiro atoms. The fourth-order valence-electron chi connectivity index (χ4n) is 3.60. The third kappa shape index (κ3) is 3.94. The number of thiocarbonyl (C=S) groups is 1. The Morgan fingerprint density at radius 2 is 1.94 bits per heavy atom. The van der Waals surface area contributed by atoms with Gasteiger partial charge in [-0.15, -0.1) is 0 Å². The minimum Gasteiger partial charge on any atom is -0.467 e. The van der Waals surface area contributed by atoms with E-state index in [1.807, 2.05) is 49.6 Å². The van der Waals surface area contributed by atoms with Crippen molar-refractivity contribution in [2.75, 3.05) is 0 Å². The number of nitrogens with one attached hydrogen (secondary N) is 1. The molecule has 3 heterocycles. The Balaban J connectivity index is 1.71. The summed E-state index contributed by atoms with van der Waals surface area (Å²) in [5, 5.41) is 3.33. The van der Waals surface area contributed by atoms with Crippen LogP contribution >= 0.6 is 23.8 Å². The lowest BCUT2D eigenvalue weighted by molar-refractivity contribution is -0.129. The van der Waals surface area contributed by atoms with Crippen molar-refractivity contribution in [3.8, 4) is 5.69 Å². The first-order valence-electron chi connectivity index (χ1n) is 9.63. The van der Waals surface area contributed by atoms with E-state index in [9.17, 15) is 9.59 Å². The van der Waals surface area contributed by atoms with Gasteiger partial charge < -0.3 is 8.98 Å². The molecule has 1 saturated heterocycles. The molecule has 3 aromatic rings. The quantitative estimate of drug-likeness (QED) is 0.359. The highest BCUT2D eigenvalue weighted by molar-refractivity contribution is 7.80. The first-order valence-corrected chi connectivity index (χ1v) is 10.4. The first kappa shape index (κ1) is 21.1. The summed E-state index contributed by atoms with van der Waals surface area (Å²) in [6.45, 7) is 5.99. The average molecular weight is 454 g/mol. The van der Waals surface area contributed by atoms with Crippen LogP contribution in [0.25, 0.3) is 11.8 Å². The number of nitrogens with zero attached hydrogens (tertiary/aromatic N) is 2. The molecule has 0 saturated carbocycles. The number of carbonyl (C=O) groups excluding carboxylic acids is 2. The van der Waals surface area contributed by atoms with Crippen LogP contribution in [0.2, 0.25) is 5.02 Å². The number of rotatable bonds is 4. The van der Waals surface area contributed by atoms with E-state index in [1.165, 1.54) is 11.2 Å². The molecule has 31 heavy (non-hydrogen) atoms. The van der Waals surface area contributed by atoms with E-state index in [2.05, 4.69) is 5.32 Å².